The molecule has 34 heavy (non-hydrogen) atoms. The number of rotatable bonds is 10. The number of carbonyl (C=O) groups is 2. The van der Waals surface area contributed by atoms with Gasteiger partial charge in [0.1, 0.15) is 0 Å². The highest BCUT2D eigenvalue weighted by atomic mass is 16.4. The fraction of sp³-hybridized carbons (Fsp3) is 0.333. The van der Waals surface area contributed by atoms with E-state index < -0.39 is 11.9 Å². The minimum atomic E-state index is -0.906. The maximum absolute atomic E-state index is 13.7. The average Bonchev–Trinajstić information content (AvgIpc) is 2.83. The topological polar surface area (TPSA) is 57.6 Å². The molecule has 0 aromatic heterocycles. The maximum atomic E-state index is 13.7. The number of hydrogen-bond acceptors (Lipinski definition) is 3. The Hall–Kier alpha value is -3.24. The van der Waals surface area contributed by atoms with E-state index in [4.69, 9.17) is 0 Å². The number of carboxylic acids is 1. The lowest BCUT2D eigenvalue weighted by Gasteiger charge is -2.29. The summed E-state index contributed by atoms with van der Waals surface area (Å²) in [5.74, 6) is -1.09. The predicted octanol–water partition coefficient (Wildman–Crippen LogP) is 6.46. The molecule has 4 heteroatoms. The molecule has 0 aliphatic carbocycles. The second kappa shape index (κ2) is 11.3. The molecule has 3 rings (SSSR count). The van der Waals surface area contributed by atoms with Crippen LogP contribution in [0.25, 0.3) is 11.1 Å². The summed E-state index contributed by atoms with van der Waals surface area (Å²) in [7, 11) is 4.16. The van der Waals surface area contributed by atoms with E-state index in [-0.39, 0.29) is 11.7 Å². The van der Waals surface area contributed by atoms with Crippen LogP contribution in [-0.4, -0.2) is 42.4 Å². The molecular formula is C30H35NO3. The SMILES string of the molecule is CC[C@@H](c1ccccc1-c1c(C(=O)c2ccccc2)cccc1C(C)C(=O)O)[C@@H](C)CN(C)C. The molecule has 0 aliphatic heterocycles. The first kappa shape index (κ1) is 25.4. The van der Waals surface area contributed by atoms with Gasteiger partial charge >= 0.3 is 5.97 Å². The summed E-state index contributed by atoms with van der Waals surface area (Å²) in [5.41, 5.74) is 4.64. The van der Waals surface area contributed by atoms with Crippen molar-refractivity contribution in [1.29, 1.82) is 0 Å². The molecule has 3 aromatic rings. The van der Waals surface area contributed by atoms with Crippen LogP contribution in [0.15, 0.2) is 72.8 Å². The van der Waals surface area contributed by atoms with Crippen molar-refractivity contribution in [1.82, 2.24) is 4.90 Å². The number of aliphatic carboxylic acids is 1. The fourth-order valence-electron chi connectivity index (χ4n) is 4.98. The van der Waals surface area contributed by atoms with Gasteiger partial charge in [-0.2, -0.15) is 0 Å². The molecule has 0 spiro atoms. The first-order chi connectivity index (χ1) is 16.3. The van der Waals surface area contributed by atoms with Crippen LogP contribution >= 0.6 is 0 Å². The fourth-order valence-corrected chi connectivity index (χ4v) is 4.98. The number of benzene rings is 3. The molecule has 3 atom stereocenters. The van der Waals surface area contributed by atoms with Crippen LogP contribution in [0.2, 0.25) is 0 Å². The van der Waals surface area contributed by atoms with E-state index in [0.717, 1.165) is 29.7 Å². The molecule has 0 amide bonds. The molecule has 0 saturated heterocycles. The van der Waals surface area contributed by atoms with E-state index >= 15 is 0 Å². The Balaban J connectivity index is 2.28. The average molecular weight is 458 g/mol. The smallest absolute Gasteiger partial charge is 0.310 e. The summed E-state index contributed by atoms with van der Waals surface area (Å²) in [6.45, 7) is 7.07. The number of carbonyl (C=O) groups excluding carboxylic acids is 1. The van der Waals surface area contributed by atoms with Gasteiger partial charge in [0, 0.05) is 17.7 Å². The van der Waals surface area contributed by atoms with Gasteiger partial charge in [-0.05, 0) is 61.5 Å². The van der Waals surface area contributed by atoms with Crippen molar-refractivity contribution in [3.05, 3.63) is 95.1 Å². The van der Waals surface area contributed by atoms with E-state index in [2.05, 4.69) is 38.9 Å². The van der Waals surface area contributed by atoms with Crippen molar-refractivity contribution in [3.8, 4) is 11.1 Å². The predicted molar refractivity (Wildman–Crippen MR) is 139 cm³/mol. The van der Waals surface area contributed by atoms with Gasteiger partial charge in [0.15, 0.2) is 5.78 Å². The summed E-state index contributed by atoms with van der Waals surface area (Å²) in [5, 5.41) is 9.87. The number of nitrogens with zero attached hydrogens (tertiary/aromatic N) is 1. The third kappa shape index (κ3) is 5.45. The van der Waals surface area contributed by atoms with Gasteiger partial charge in [-0.3, -0.25) is 9.59 Å². The van der Waals surface area contributed by atoms with Gasteiger partial charge < -0.3 is 10.0 Å². The zero-order chi connectivity index (χ0) is 24.8. The first-order valence-corrected chi connectivity index (χ1v) is 12.0. The zero-order valence-electron chi connectivity index (χ0n) is 20.8. The van der Waals surface area contributed by atoms with Crippen LogP contribution in [0.5, 0.6) is 0 Å². The van der Waals surface area contributed by atoms with Crippen LogP contribution in [0.4, 0.5) is 0 Å². The van der Waals surface area contributed by atoms with Crippen molar-refractivity contribution in [2.45, 2.75) is 39.0 Å². The molecule has 1 unspecified atom stereocenters. The second-order valence-corrected chi connectivity index (χ2v) is 9.37. The molecule has 0 aliphatic rings. The first-order valence-electron chi connectivity index (χ1n) is 12.0. The third-order valence-electron chi connectivity index (χ3n) is 6.62. The highest BCUT2D eigenvalue weighted by Gasteiger charge is 2.28. The highest BCUT2D eigenvalue weighted by Crippen LogP contribution is 2.41. The second-order valence-electron chi connectivity index (χ2n) is 9.37. The van der Waals surface area contributed by atoms with E-state index in [1.54, 1.807) is 25.1 Å². The molecule has 0 fully saturated rings. The third-order valence-corrected chi connectivity index (χ3v) is 6.62. The lowest BCUT2D eigenvalue weighted by atomic mass is 9.77. The van der Waals surface area contributed by atoms with E-state index in [9.17, 15) is 14.7 Å². The molecule has 0 heterocycles. The molecule has 178 valence electrons. The summed E-state index contributed by atoms with van der Waals surface area (Å²) >= 11 is 0. The quantitative estimate of drug-likeness (QED) is 0.355. The maximum Gasteiger partial charge on any atom is 0.310 e. The van der Waals surface area contributed by atoms with E-state index in [0.29, 0.717) is 22.6 Å². The van der Waals surface area contributed by atoms with Gasteiger partial charge in [0.2, 0.25) is 0 Å². The van der Waals surface area contributed by atoms with E-state index in [1.165, 1.54) is 0 Å². The molecule has 3 aromatic carbocycles. The van der Waals surface area contributed by atoms with Crippen molar-refractivity contribution in [2.75, 3.05) is 20.6 Å². The Morgan fingerprint density at radius 1 is 0.853 bits per heavy atom. The molecular weight excluding hydrogens is 422 g/mol. The van der Waals surface area contributed by atoms with Gasteiger partial charge in [-0.1, -0.05) is 86.6 Å². The van der Waals surface area contributed by atoms with Crippen LogP contribution in [0.3, 0.4) is 0 Å². The highest BCUT2D eigenvalue weighted by molar-refractivity contribution is 6.13. The normalized spacial score (nSPS) is 13.9. The largest absolute Gasteiger partial charge is 0.481 e. The Labute approximate surface area is 203 Å². The van der Waals surface area contributed by atoms with Crippen LogP contribution in [0.1, 0.15) is 66.1 Å². The molecule has 0 bridgehead atoms. The lowest BCUT2D eigenvalue weighted by molar-refractivity contribution is -0.138. The van der Waals surface area contributed by atoms with Crippen molar-refractivity contribution in [3.63, 3.8) is 0 Å². The van der Waals surface area contributed by atoms with Crippen LogP contribution < -0.4 is 0 Å². The van der Waals surface area contributed by atoms with E-state index in [1.807, 2.05) is 48.5 Å². The number of ketones is 1. The van der Waals surface area contributed by atoms with Crippen LogP contribution in [0, 0.1) is 5.92 Å². The Morgan fingerprint density at radius 2 is 1.47 bits per heavy atom. The Bertz CT molecular complexity index is 1140. The number of hydrogen-bond donors (Lipinski definition) is 1. The van der Waals surface area contributed by atoms with Gasteiger partial charge in [-0.25, -0.2) is 0 Å². The lowest BCUT2D eigenvalue weighted by Crippen LogP contribution is -2.24. The van der Waals surface area contributed by atoms with Crippen LogP contribution in [-0.2, 0) is 4.79 Å². The Kier molecular flexibility index (Phi) is 8.41. The van der Waals surface area contributed by atoms with Gasteiger partial charge in [0.05, 0.1) is 5.92 Å². The van der Waals surface area contributed by atoms with Crippen molar-refractivity contribution >= 4 is 11.8 Å². The standard InChI is InChI=1S/C30H35NO3/c1-6-23(20(2)19-31(4)5)25-15-10-11-16-26(25)28-24(21(3)30(33)34)17-12-18-27(28)29(32)22-13-8-7-9-14-22/h7-18,20-21,23H,6,19H2,1-5H3,(H,33,34)/t20-,21?,23+/m0/s1. The summed E-state index contributed by atoms with van der Waals surface area (Å²) in [4.78, 5) is 27.9. The molecule has 0 radical (unpaired) electrons. The van der Waals surface area contributed by atoms with Crippen molar-refractivity contribution < 1.29 is 14.7 Å². The summed E-state index contributed by atoms with van der Waals surface area (Å²) in [6, 6.07) is 22.8. The Morgan fingerprint density at radius 3 is 2.09 bits per heavy atom. The minimum Gasteiger partial charge on any atom is -0.481 e. The zero-order valence-corrected chi connectivity index (χ0v) is 20.8. The summed E-state index contributed by atoms with van der Waals surface area (Å²) in [6.07, 6.45) is 0.949. The summed E-state index contributed by atoms with van der Waals surface area (Å²) < 4.78 is 0. The molecule has 0 saturated carbocycles. The monoisotopic (exact) mass is 457 g/mol. The van der Waals surface area contributed by atoms with Gasteiger partial charge in [0.25, 0.3) is 0 Å². The molecule has 4 nitrogen and oxygen atoms in total. The van der Waals surface area contributed by atoms with Gasteiger partial charge in [-0.15, -0.1) is 0 Å². The number of carboxylic acid groups (broad SMARTS) is 1. The van der Waals surface area contributed by atoms with Crippen molar-refractivity contribution in [2.24, 2.45) is 5.92 Å². The molecule has 1 N–H and O–H groups in total. The minimum absolute atomic E-state index is 0.0979.